The summed E-state index contributed by atoms with van der Waals surface area (Å²) in [5, 5.41) is 0.789. The third-order valence-corrected chi connectivity index (χ3v) is 5.27. The zero-order valence-electron chi connectivity index (χ0n) is 16.2. The van der Waals surface area contributed by atoms with Gasteiger partial charge in [0.1, 0.15) is 5.75 Å². The molecule has 0 bridgehead atoms. The number of carbonyl (C=O) groups excluding carboxylic acids is 2. The van der Waals surface area contributed by atoms with Crippen LogP contribution in [0.3, 0.4) is 0 Å². The molecule has 6 heteroatoms. The maximum atomic E-state index is 12.5. The number of hydrogen-bond donors (Lipinski definition) is 0. The van der Waals surface area contributed by atoms with Crippen LogP contribution in [-0.4, -0.2) is 48.6 Å². The predicted molar refractivity (Wildman–Crippen MR) is 103 cm³/mol. The van der Waals surface area contributed by atoms with Gasteiger partial charge in [-0.05, 0) is 44.0 Å². The van der Waals surface area contributed by atoms with E-state index in [1.165, 1.54) is 6.42 Å². The fraction of sp³-hybridized carbons (Fsp3) is 0.476. The largest absolute Gasteiger partial charge is 0.497 e. The molecule has 2 aromatic rings. The van der Waals surface area contributed by atoms with Gasteiger partial charge in [0, 0.05) is 18.5 Å². The van der Waals surface area contributed by atoms with E-state index in [2.05, 4.69) is 4.98 Å². The summed E-state index contributed by atoms with van der Waals surface area (Å²) in [6.07, 6.45) is 5.56. The number of hydrogen-bond acceptors (Lipinski definition) is 5. The zero-order chi connectivity index (χ0) is 19.4. The van der Waals surface area contributed by atoms with E-state index >= 15 is 0 Å². The molecule has 1 aliphatic rings. The maximum Gasteiger partial charge on any atom is 0.340 e. The maximum absolute atomic E-state index is 12.5. The quantitative estimate of drug-likeness (QED) is 0.754. The fourth-order valence-electron chi connectivity index (χ4n) is 3.56. The number of carbonyl (C=O) groups is 2. The van der Waals surface area contributed by atoms with Crippen LogP contribution in [0.1, 0.15) is 48.2 Å². The average molecular weight is 370 g/mol. The van der Waals surface area contributed by atoms with Crippen molar-refractivity contribution in [2.24, 2.45) is 0 Å². The van der Waals surface area contributed by atoms with Crippen molar-refractivity contribution in [3.8, 4) is 5.75 Å². The molecule has 0 atom stereocenters. The Balaban J connectivity index is 1.68. The molecule has 0 saturated heterocycles. The van der Waals surface area contributed by atoms with Crippen molar-refractivity contribution in [3.63, 3.8) is 0 Å². The molecule has 0 aliphatic heterocycles. The minimum absolute atomic E-state index is 0.164. The zero-order valence-corrected chi connectivity index (χ0v) is 16.2. The van der Waals surface area contributed by atoms with Gasteiger partial charge in [-0.3, -0.25) is 9.78 Å². The summed E-state index contributed by atoms with van der Waals surface area (Å²) in [4.78, 5) is 31.1. The van der Waals surface area contributed by atoms with Crippen molar-refractivity contribution in [1.29, 1.82) is 0 Å². The first-order chi connectivity index (χ1) is 13.0. The highest BCUT2D eigenvalue weighted by atomic mass is 16.5. The molecule has 1 aromatic heterocycles. The van der Waals surface area contributed by atoms with Crippen molar-refractivity contribution in [2.75, 3.05) is 20.8 Å². The first-order valence-corrected chi connectivity index (χ1v) is 9.38. The number of pyridine rings is 1. The molecule has 0 radical (unpaired) electrons. The number of likely N-dealkylation sites (N-methyl/N-ethyl adjacent to an activating group) is 1. The van der Waals surface area contributed by atoms with E-state index in [0.29, 0.717) is 17.0 Å². The van der Waals surface area contributed by atoms with Crippen LogP contribution in [0, 0.1) is 6.92 Å². The molecule has 0 spiro atoms. The number of benzene rings is 1. The summed E-state index contributed by atoms with van der Waals surface area (Å²) in [7, 11) is 3.38. The number of methoxy groups -OCH3 is 1. The van der Waals surface area contributed by atoms with Crippen molar-refractivity contribution >= 4 is 22.8 Å². The molecule has 1 fully saturated rings. The van der Waals surface area contributed by atoms with Gasteiger partial charge < -0.3 is 14.4 Å². The normalized spacial score (nSPS) is 14.8. The summed E-state index contributed by atoms with van der Waals surface area (Å²) in [6, 6.07) is 7.48. The van der Waals surface area contributed by atoms with E-state index in [4.69, 9.17) is 9.47 Å². The van der Waals surface area contributed by atoms with Crippen LogP contribution in [0.4, 0.5) is 0 Å². The minimum atomic E-state index is -0.532. The smallest absolute Gasteiger partial charge is 0.340 e. The molecule has 6 nitrogen and oxygen atoms in total. The van der Waals surface area contributed by atoms with Crippen LogP contribution < -0.4 is 4.74 Å². The summed E-state index contributed by atoms with van der Waals surface area (Å²) in [5.41, 5.74) is 1.72. The van der Waals surface area contributed by atoms with Crippen molar-refractivity contribution in [1.82, 2.24) is 9.88 Å². The van der Waals surface area contributed by atoms with Crippen LogP contribution >= 0.6 is 0 Å². The second-order valence-corrected chi connectivity index (χ2v) is 7.05. The SMILES string of the molecule is COc1ccc2nc(C)c(C(=O)OCC(=O)N(C)C3CCCCC3)cc2c1. The number of esters is 1. The molecule has 0 N–H and O–H groups in total. The lowest BCUT2D eigenvalue weighted by Gasteiger charge is -2.31. The van der Waals surface area contributed by atoms with Crippen LogP contribution in [0.2, 0.25) is 0 Å². The fourth-order valence-corrected chi connectivity index (χ4v) is 3.56. The summed E-state index contributed by atoms with van der Waals surface area (Å²) >= 11 is 0. The highest BCUT2D eigenvalue weighted by Crippen LogP contribution is 2.23. The molecule has 1 heterocycles. The molecule has 27 heavy (non-hydrogen) atoms. The first kappa shape index (κ1) is 19.1. The second kappa shape index (κ2) is 8.37. The lowest BCUT2D eigenvalue weighted by molar-refractivity contribution is -0.135. The second-order valence-electron chi connectivity index (χ2n) is 7.05. The highest BCUT2D eigenvalue weighted by molar-refractivity contribution is 5.96. The van der Waals surface area contributed by atoms with Gasteiger partial charge in [-0.2, -0.15) is 0 Å². The number of aryl methyl sites for hydroxylation is 1. The van der Waals surface area contributed by atoms with Crippen molar-refractivity contribution in [2.45, 2.75) is 45.1 Å². The Kier molecular flexibility index (Phi) is 5.94. The average Bonchev–Trinajstić information content (AvgIpc) is 2.70. The van der Waals surface area contributed by atoms with Crippen molar-refractivity contribution < 1.29 is 19.1 Å². The van der Waals surface area contributed by atoms with Gasteiger partial charge in [0.05, 0.1) is 23.9 Å². The number of aromatic nitrogens is 1. The van der Waals surface area contributed by atoms with Gasteiger partial charge in [0.25, 0.3) is 5.91 Å². The molecule has 1 saturated carbocycles. The third kappa shape index (κ3) is 4.38. The Morgan fingerprint density at radius 2 is 1.93 bits per heavy atom. The minimum Gasteiger partial charge on any atom is -0.497 e. The van der Waals surface area contributed by atoms with Gasteiger partial charge in [-0.1, -0.05) is 19.3 Å². The van der Waals surface area contributed by atoms with E-state index in [0.717, 1.165) is 36.6 Å². The summed E-state index contributed by atoms with van der Waals surface area (Å²) < 4.78 is 10.5. The van der Waals surface area contributed by atoms with E-state index < -0.39 is 5.97 Å². The van der Waals surface area contributed by atoms with Crippen LogP contribution in [-0.2, 0) is 9.53 Å². The lowest BCUT2D eigenvalue weighted by atomic mass is 9.94. The van der Waals surface area contributed by atoms with Crippen LogP contribution in [0.5, 0.6) is 5.75 Å². The van der Waals surface area contributed by atoms with Gasteiger partial charge >= 0.3 is 5.97 Å². The standard InChI is InChI=1S/C21H26N2O4/c1-14-18(12-15-11-17(26-3)9-10-19(15)22-14)21(25)27-13-20(24)23(2)16-7-5-4-6-8-16/h9-12,16H,4-8,13H2,1-3H3. The van der Waals surface area contributed by atoms with Gasteiger partial charge in [-0.15, -0.1) is 0 Å². The van der Waals surface area contributed by atoms with Crippen LogP contribution in [0.25, 0.3) is 10.9 Å². The molecule has 1 aromatic carbocycles. The first-order valence-electron chi connectivity index (χ1n) is 9.38. The predicted octanol–water partition coefficient (Wildman–Crippen LogP) is 3.50. The number of nitrogens with zero attached hydrogens (tertiary/aromatic N) is 2. The number of ether oxygens (including phenoxy) is 2. The van der Waals surface area contributed by atoms with E-state index in [9.17, 15) is 9.59 Å². The molecule has 0 unspecified atom stereocenters. The molecular formula is C21H26N2O4. The molecular weight excluding hydrogens is 344 g/mol. The van der Waals surface area contributed by atoms with Gasteiger partial charge in [-0.25, -0.2) is 4.79 Å². The molecule has 3 rings (SSSR count). The Morgan fingerprint density at radius 3 is 2.63 bits per heavy atom. The third-order valence-electron chi connectivity index (χ3n) is 5.27. The van der Waals surface area contributed by atoms with Crippen LogP contribution in [0.15, 0.2) is 24.3 Å². The van der Waals surface area contributed by atoms with Gasteiger partial charge in [0.15, 0.2) is 6.61 Å². The molecule has 1 aliphatic carbocycles. The van der Waals surface area contributed by atoms with Gasteiger partial charge in [0.2, 0.25) is 0 Å². The molecule has 144 valence electrons. The summed E-state index contributed by atoms with van der Waals surface area (Å²) in [6.45, 7) is 1.51. The highest BCUT2D eigenvalue weighted by Gasteiger charge is 2.23. The number of fused-ring (bicyclic) bond motifs is 1. The number of amides is 1. The Bertz CT molecular complexity index is 843. The Hall–Kier alpha value is -2.63. The summed E-state index contributed by atoms with van der Waals surface area (Å²) in [5.74, 6) is -0.00445. The van der Waals surface area contributed by atoms with E-state index in [1.807, 2.05) is 18.2 Å². The van der Waals surface area contributed by atoms with E-state index in [-0.39, 0.29) is 18.6 Å². The lowest BCUT2D eigenvalue weighted by Crippen LogP contribution is -2.40. The van der Waals surface area contributed by atoms with Crippen molar-refractivity contribution in [3.05, 3.63) is 35.5 Å². The number of rotatable bonds is 5. The topological polar surface area (TPSA) is 68.7 Å². The van der Waals surface area contributed by atoms with E-state index in [1.54, 1.807) is 32.0 Å². The monoisotopic (exact) mass is 370 g/mol. The Labute approximate surface area is 159 Å². The molecule has 1 amide bonds. The Morgan fingerprint density at radius 1 is 1.19 bits per heavy atom.